The lowest BCUT2D eigenvalue weighted by atomic mass is 9.83. The molecule has 1 aliphatic rings. The van der Waals surface area contributed by atoms with Gasteiger partial charge >= 0.3 is 0 Å². The summed E-state index contributed by atoms with van der Waals surface area (Å²) >= 11 is 0. The first kappa shape index (κ1) is 13.9. The van der Waals surface area contributed by atoms with Crippen LogP contribution in [0.3, 0.4) is 0 Å². The van der Waals surface area contributed by atoms with Gasteiger partial charge in [-0.1, -0.05) is 41.9 Å². The molecule has 1 saturated carbocycles. The smallest absolute Gasteiger partial charge is 0.0717 e. The van der Waals surface area contributed by atoms with Gasteiger partial charge in [-0.25, -0.2) is 0 Å². The van der Waals surface area contributed by atoms with Crippen molar-refractivity contribution in [3.8, 4) is 0 Å². The zero-order valence-corrected chi connectivity index (χ0v) is 10.9. The number of rotatable bonds is 5. The van der Waals surface area contributed by atoms with Crippen LogP contribution in [0.15, 0.2) is 35.4 Å². The number of aliphatic hydroxyl groups excluding tert-OH is 1. The zero-order valence-electron chi connectivity index (χ0n) is 10.9. The summed E-state index contributed by atoms with van der Waals surface area (Å²) in [6, 6.07) is 9.60. The molecule has 0 radical (unpaired) electrons. The highest BCUT2D eigenvalue weighted by molar-refractivity contribution is 5.13. The summed E-state index contributed by atoms with van der Waals surface area (Å²) < 4.78 is 5.69. The Kier molecular flexibility index (Phi) is 5.21. The fourth-order valence-electron chi connectivity index (χ4n) is 2.56. The molecule has 0 bridgehead atoms. The van der Waals surface area contributed by atoms with Gasteiger partial charge in [-0.05, 0) is 29.9 Å². The number of hydrogen-bond donors (Lipinski definition) is 1. The molecule has 1 aromatic carbocycles. The molecule has 3 atom stereocenters. The van der Waals surface area contributed by atoms with Gasteiger partial charge in [0.15, 0.2) is 0 Å². The van der Waals surface area contributed by atoms with Gasteiger partial charge in [0.05, 0.1) is 25.4 Å². The molecule has 0 heterocycles. The summed E-state index contributed by atoms with van der Waals surface area (Å²) in [5.41, 5.74) is 9.69. The van der Waals surface area contributed by atoms with E-state index >= 15 is 0 Å². The van der Waals surface area contributed by atoms with E-state index in [9.17, 15) is 5.11 Å². The van der Waals surface area contributed by atoms with Crippen LogP contribution in [-0.2, 0) is 11.3 Å². The predicted molar refractivity (Wildman–Crippen MR) is 72.4 cm³/mol. The fourth-order valence-corrected chi connectivity index (χ4v) is 2.56. The van der Waals surface area contributed by atoms with Crippen LogP contribution in [0.4, 0.5) is 0 Å². The minimum atomic E-state index is -0.532. The van der Waals surface area contributed by atoms with Crippen LogP contribution in [0.2, 0.25) is 0 Å². The summed E-state index contributed by atoms with van der Waals surface area (Å²) in [7, 11) is 0. The molecule has 102 valence electrons. The first-order chi connectivity index (χ1) is 9.31. The van der Waals surface area contributed by atoms with E-state index in [0.717, 1.165) is 18.4 Å². The van der Waals surface area contributed by atoms with Crippen molar-refractivity contribution < 1.29 is 9.84 Å². The second-order valence-electron chi connectivity index (χ2n) is 4.95. The Bertz CT molecular complexity index is 432. The molecule has 5 nitrogen and oxygen atoms in total. The molecule has 0 saturated heterocycles. The van der Waals surface area contributed by atoms with Gasteiger partial charge in [0.25, 0.3) is 0 Å². The Morgan fingerprint density at radius 3 is 2.84 bits per heavy atom. The monoisotopic (exact) mass is 261 g/mol. The minimum absolute atomic E-state index is 0.114. The van der Waals surface area contributed by atoms with E-state index in [1.165, 1.54) is 0 Å². The van der Waals surface area contributed by atoms with E-state index in [1.54, 1.807) is 0 Å². The summed E-state index contributed by atoms with van der Waals surface area (Å²) in [5.74, 6) is 0.114. The number of aliphatic hydroxyl groups is 1. The number of azide groups is 1. The maximum Gasteiger partial charge on any atom is 0.0717 e. The molecule has 0 amide bonds. The van der Waals surface area contributed by atoms with Gasteiger partial charge in [-0.2, -0.15) is 0 Å². The van der Waals surface area contributed by atoms with Crippen LogP contribution in [0.25, 0.3) is 10.4 Å². The van der Waals surface area contributed by atoms with Crippen LogP contribution >= 0.6 is 0 Å². The SMILES string of the molecule is [N-]=[N+]=N[C@H]1[C@@H](COCc2ccccc2)CCC[C@@H]1O. The number of ether oxygens (including phenoxy) is 1. The third-order valence-electron chi connectivity index (χ3n) is 3.58. The van der Waals surface area contributed by atoms with Crippen molar-refractivity contribution in [1.82, 2.24) is 0 Å². The van der Waals surface area contributed by atoms with Crippen molar-refractivity contribution >= 4 is 0 Å². The van der Waals surface area contributed by atoms with E-state index in [0.29, 0.717) is 19.6 Å². The molecular weight excluding hydrogens is 242 g/mol. The lowest BCUT2D eigenvalue weighted by molar-refractivity contribution is 0.0188. The fraction of sp³-hybridized carbons (Fsp3) is 0.571. The first-order valence-electron chi connectivity index (χ1n) is 6.65. The molecular formula is C14H19N3O2. The second-order valence-corrected chi connectivity index (χ2v) is 4.95. The molecule has 1 aliphatic carbocycles. The third kappa shape index (κ3) is 3.96. The van der Waals surface area contributed by atoms with Crippen LogP contribution in [-0.4, -0.2) is 23.9 Å². The highest BCUT2D eigenvalue weighted by Crippen LogP contribution is 2.28. The van der Waals surface area contributed by atoms with Gasteiger partial charge in [-0.15, -0.1) is 0 Å². The topological polar surface area (TPSA) is 78.2 Å². The van der Waals surface area contributed by atoms with Crippen LogP contribution < -0.4 is 0 Å². The highest BCUT2D eigenvalue weighted by atomic mass is 16.5. The molecule has 0 unspecified atom stereocenters. The molecule has 2 rings (SSSR count). The Balaban J connectivity index is 1.85. The van der Waals surface area contributed by atoms with Crippen molar-refractivity contribution in [2.24, 2.45) is 11.0 Å². The molecule has 19 heavy (non-hydrogen) atoms. The maximum atomic E-state index is 9.87. The van der Waals surface area contributed by atoms with Crippen molar-refractivity contribution in [2.45, 2.75) is 38.0 Å². The highest BCUT2D eigenvalue weighted by Gasteiger charge is 2.31. The van der Waals surface area contributed by atoms with E-state index in [-0.39, 0.29) is 12.0 Å². The zero-order chi connectivity index (χ0) is 13.5. The predicted octanol–water partition coefficient (Wildman–Crippen LogP) is 3.04. The minimum Gasteiger partial charge on any atom is -0.393 e. The standard InChI is InChI=1S/C14H19N3O2/c15-17-16-14-12(7-4-8-13(14)18)10-19-9-11-5-2-1-3-6-11/h1-3,5-6,12-14,18H,4,7-10H2/t12-,13+,14+/m1/s1. The molecule has 0 aromatic heterocycles. The van der Waals surface area contributed by atoms with Crippen molar-refractivity contribution in [3.63, 3.8) is 0 Å². The Morgan fingerprint density at radius 1 is 1.32 bits per heavy atom. The van der Waals surface area contributed by atoms with Crippen molar-refractivity contribution in [2.75, 3.05) is 6.61 Å². The third-order valence-corrected chi connectivity index (χ3v) is 3.58. The molecule has 0 spiro atoms. The quantitative estimate of drug-likeness (QED) is 0.502. The van der Waals surface area contributed by atoms with Crippen LogP contribution in [0, 0.1) is 5.92 Å². The lowest BCUT2D eigenvalue weighted by Gasteiger charge is -2.32. The summed E-state index contributed by atoms with van der Waals surface area (Å²) in [5, 5.41) is 13.6. The average Bonchev–Trinajstić information content (AvgIpc) is 2.44. The molecule has 1 N–H and O–H groups in total. The summed E-state index contributed by atoms with van der Waals surface area (Å²) in [4.78, 5) is 2.84. The molecule has 1 fully saturated rings. The van der Waals surface area contributed by atoms with Gasteiger partial charge in [-0.3, -0.25) is 0 Å². The van der Waals surface area contributed by atoms with E-state index in [1.807, 2.05) is 30.3 Å². The normalized spacial score (nSPS) is 26.7. The largest absolute Gasteiger partial charge is 0.393 e. The Morgan fingerprint density at radius 2 is 2.11 bits per heavy atom. The molecule has 1 aromatic rings. The number of hydrogen-bond acceptors (Lipinski definition) is 3. The van der Waals surface area contributed by atoms with Crippen molar-refractivity contribution in [1.29, 1.82) is 0 Å². The first-order valence-corrected chi connectivity index (χ1v) is 6.65. The maximum absolute atomic E-state index is 9.87. The molecule has 0 aliphatic heterocycles. The summed E-state index contributed by atoms with van der Waals surface area (Å²) in [6.45, 7) is 1.08. The van der Waals surface area contributed by atoms with E-state index in [4.69, 9.17) is 10.3 Å². The van der Waals surface area contributed by atoms with Gasteiger partial charge in [0.2, 0.25) is 0 Å². The average molecular weight is 261 g/mol. The van der Waals surface area contributed by atoms with Crippen LogP contribution in [0.5, 0.6) is 0 Å². The number of nitrogens with zero attached hydrogens (tertiary/aromatic N) is 3. The van der Waals surface area contributed by atoms with Crippen molar-refractivity contribution in [3.05, 3.63) is 46.3 Å². The summed E-state index contributed by atoms with van der Waals surface area (Å²) in [6.07, 6.45) is 2.07. The second kappa shape index (κ2) is 7.14. The van der Waals surface area contributed by atoms with Gasteiger partial charge in [0, 0.05) is 4.91 Å². The Labute approximate surface area is 112 Å². The number of benzene rings is 1. The Hall–Kier alpha value is -1.55. The van der Waals surface area contributed by atoms with E-state index < -0.39 is 6.10 Å². The van der Waals surface area contributed by atoms with Crippen LogP contribution in [0.1, 0.15) is 24.8 Å². The lowest BCUT2D eigenvalue weighted by Crippen LogP contribution is -2.38. The van der Waals surface area contributed by atoms with Gasteiger partial charge < -0.3 is 9.84 Å². The van der Waals surface area contributed by atoms with E-state index in [2.05, 4.69) is 10.0 Å². The molecule has 5 heteroatoms. The van der Waals surface area contributed by atoms with Gasteiger partial charge in [0.1, 0.15) is 0 Å².